The summed E-state index contributed by atoms with van der Waals surface area (Å²) in [6, 6.07) is 7.13. The summed E-state index contributed by atoms with van der Waals surface area (Å²) < 4.78 is 0. The third kappa shape index (κ3) is 2.15. The zero-order valence-corrected chi connectivity index (χ0v) is 7.03. The lowest BCUT2D eigenvalue weighted by atomic mass is 10.2. The maximum absolute atomic E-state index is 8.90. The van der Waals surface area contributed by atoms with E-state index in [1.807, 2.05) is 12.1 Å². The van der Waals surface area contributed by atoms with Crippen molar-refractivity contribution >= 4 is 22.5 Å². The number of hydrogen-bond donors (Lipinski definition) is 2. The van der Waals surface area contributed by atoms with Crippen molar-refractivity contribution in [3.63, 3.8) is 0 Å². The molecule has 0 amide bonds. The van der Waals surface area contributed by atoms with Crippen LogP contribution >= 0.6 is 22.5 Å². The maximum Gasteiger partial charge on any atom is 0.115 e. The SMILES string of the molecule is Oc1ccc(CSS)cc1. The van der Waals surface area contributed by atoms with Crippen LogP contribution in [0.1, 0.15) is 5.56 Å². The second-order valence-electron chi connectivity index (χ2n) is 1.94. The van der Waals surface area contributed by atoms with Crippen LogP contribution < -0.4 is 0 Å². The van der Waals surface area contributed by atoms with Gasteiger partial charge in [0.1, 0.15) is 5.75 Å². The smallest absolute Gasteiger partial charge is 0.115 e. The molecule has 0 unspecified atom stereocenters. The zero-order chi connectivity index (χ0) is 7.40. The highest BCUT2D eigenvalue weighted by Crippen LogP contribution is 2.17. The highest BCUT2D eigenvalue weighted by atomic mass is 33.1. The van der Waals surface area contributed by atoms with Crippen LogP contribution in [0.25, 0.3) is 0 Å². The Balaban J connectivity index is 2.69. The Morgan fingerprint density at radius 1 is 1.30 bits per heavy atom. The fraction of sp³-hybridized carbons (Fsp3) is 0.143. The van der Waals surface area contributed by atoms with Gasteiger partial charge in [-0.25, -0.2) is 0 Å². The van der Waals surface area contributed by atoms with E-state index in [9.17, 15) is 0 Å². The zero-order valence-electron chi connectivity index (χ0n) is 5.32. The first-order chi connectivity index (χ1) is 4.83. The minimum absolute atomic E-state index is 0.313. The molecule has 1 aromatic carbocycles. The van der Waals surface area contributed by atoms with E-state index in [4.69, 9.17) is 5.11 Å². The second-order valence-corrected chi connectivity index (χ2v) is 3.26. The first-order valence-corrected chi connectivity index (χ1v) is 4.91. The van der Waals surface area contributed by atoms with Crippen LogP contribution in [0.3, 0.4) is 0 Å². The molecule has 0 aliphatic carbocycles. The lowest BCUT2D eigenvalue weighted by molar-refractivity contribution is 0.475. The van der Waals surface area contributed by atoms with Gasteiger partial charge in [-0.15, -0.1) is 11.7 Å². The molecule has 0 aliphatic heterocycles. The Labute approximate surface area is 69.3 Å². The van der Waals surface area contributed by atoms with E-state index in [0.717, 1.165) is 5.75 Å². The van der Waals surface area contributed by atoms with Crippen LogP contribution in [0.4, 0.5) is 0 Å². The van der Waals surface area contributed by atoms with Crippen molar-refractivity contribution in [3.8, 4) is 5.75 Å². The van der Waals surface area contributed by atoms with Gasteiger partial charge in [-0.1, -0.05) is 22.9 Å². The van der Waals surface area contributed by atoms with Gasteiger partial charge in [0, 0.05) is 5.75 Å². The van der Waals surface area contributed by atoms with Crippen molar-refractivity contribution < 1.29 is 5.11 Å². The van der Waals surface area contributed by atoms with E-state index >= 15 is 0 Å². The minimum Gasteiger partial charge on any atom is -0.508 e. The first kappa shape index (κ1) is 7.82. The first-order valence-electron chi connectivity index (χ1n) is 2.87. The Morgan fingerprint density at radius 3 is 2.40 bits per heavy atom. The molecule has 0 heterocycles. The van der Waals surface area contributed by atoms with Gasteiger partial charge in [-0.3, -0.25) is 0 Å². The predicted molar refractivity (Wildman–Crippen MR) is 48.4 cm³/mol. The molecule has 1 aromatic rings. The number of phenols is 1. The van der Waals surface area contributed by atoms with Gasteiger partial charge in [-0.2, -0.15) is 0 Å². The van der Waals surface area contributed by atoms with Crippen LogP contribution in [-0.4, -0.2) is 5.11 Å². The number of aromatic hydroxyl groups is 1. The average molecular weight is 172 g/mol. The van der Waals surface area contributed by atoms with Gasteiger partial charge in [-0.05, 0) is 17.7 Å². The summed E-state index contributed by atoms with van der Waals surface area (Å²) in [5.41, 5.74) is 1.18. The summed E-state index contributed by atoms with van der Waals surface area (Å²) in [7, 11) is 1.47. The molecule has 3 heteroatoms. The lowest BCUT2D eigenvalue weighted by Gasteiger charge is -1.95. The van der Waals surface area contributed by atoms with Gasteiger partial charge < -0.3 is 5.11 Å². The second kappa shape index (κ2) is 3.78. The largest absolute Gasteiger partial charge is 0.508 e. The van der Waals surface area contributed by atoms with Crippen LogP contribution in [0.2, 0.25) is 0 Å². The van der Waals surface area contributed by atoms with Gasteiger partial charge in [0.05, 0.1) is 0 Å². The summed E-state index contributed by atoms with van der Waals surface area (Å²) in [5.74, 6) is 1.19. The van der Waals surface area contributed by atoms with Gasteiger partial charge in [0.25, 0.3) is 0 Å². The van der Waals surface area contributed by atoms with Crippen LogP contribution in [0.5, 0.6) is 5.75 Å². The fourth-order valence-corrected chi connectivity index (χ4v) is 1.46. The van der Waals surface area contributed by atoms with Crippen LogP contribution in [0, 0.1) is 0 Å². The molecule has 0 saturated carbocycles. The third-order valence-corrected chi connectivity index (χ3v) is 2.02. The van der Waals surface area contributed by atoms with Crippen molar-refractivity contribution in [2.24, 2.45) is 0 Å². The number of phenolic OH excluding ortho intramolecular Hbond substituents is 1. The van der Waals surface area contributed by atoms with E-state index < -0.39 is 0 Å². The van der Waals surface area contributed by atoms with E-state index in [-0.39, 0.29) is 0 Å². The predicted octanol–water partition coefficient (Wildman–Crippen LogP) is 2.47. The summed E-state index contributed by atoms with van der Waals surface area (Å²) >= 11 is 4.01. The summed E-state index contributed by atoms with van der Waals surface area (Å²) in [6.07, 6.45) is 0. The van der Waals surface area contributed by atoms with E-state index in [1.165, 1.54) is 16.4 Å². The van der Waals surface area contributed by atoms with Gasteiger partial charge >= 0.3 is 0 Å². The third-order valence-electron chi connectivity index (χ3n) is 1.17. The lowest BCUT2D eigenvalue weighted by Crippen LogP contribution is -1.74. The van der Waals surface area contributed by atoms with E-state index in [1.54, 1.807) is 12.1 Å². The highest BCUT2D eigenvalue weighted by Gasteiger charge is 1.90. The van der Waals surface area contributed by atoms with Crippen molar-refractivity contribution in [2.45, 2.75) is 5.75 Å². The molecule has 0 bridgehead atoms. The standard InChI is InChI=1S/C7H8OS2/c8-7-3-1-6(2-4-7)5-10-9/h1-4,8-9H,5H2. The Kier molecular flexibility index (Phi) is 2.96. The minimum atomic E-state index is 0.313. The molecule has 0 radical (unpaired) electrons. The average Bonchev–Trinajstić information content (AvgIpc) is 1.95. The van der Waals surface area contributed by atoms with Crippen molar-refractivity contribution in [3.05, 3.63) is 29.8 Å². The Bertz CT molecular complexity index is 195. The van der Waals surface area contributed by atoms with E-state index in [2.05, 4.69) is 11.7 Å². The number of rotatable bonds is 2. The molecule has 54 valence electrons. The molecule has 0 spiro atoms. The summed E-state index contributed by atoms with van der Waals surface area (Å²) in [6.45, 7) is 0. The number of benzene rings is 1. The van der Waals surface area contributed by atoms with Crippen molar-refractivity contribution in [1.82, 2.24) is 0 Å². The summed E-state index contributed by atoms with van der Waals surface area (Å²) in [5, 5.41) is 8.90. The number of thiol groups is 1. The molecule has 0 aliphatic rings. The molecule has 1 N–H and O–H groups in total. The summed E-state index contributed by atoms with van der Waals surface area (Å²) in [4.78, 5) is 0. The maximum atomic E-state index is 8.90. The van der Waals surface area contributed by atoms with Crippen LogP contribution in [0.15, 0.2) is 24.3 Å². The van der Waals surface area contributed by atoms with Crippen molar-refractivity contribution in [2.75, 3.05) is 0 Å². The molecule has 0 aromatic heterocycles. The van der Waals surface area contributed by atoms with Crippen LogP contribution in [-0.2, 0) is 5.75 Å². The number of hydrogen-bond acceptors (Lipinski definition) is 3. The Morgan fingerprint density at radius 2 is 1.90 bits per heavy atom. The molecule has 10 heavy (non-hydrogen) atoms. The molecule has 1 nitrogen and oxygen atoms in total. The van der Waals surface area contributed by atoms with E-state index in [0.29, 0.717) is 5.75 Å². The monoisotopic (exact) mass is 172 g/mol. The molecular formula is C7H8OS2. The normalized spacial score (nSPS) is 9.70. The fourth-order valence-electron chi connectivity index (χ4n) is 0.667. The molecule has 0 saturated heterocycles. The quantitative estimate of drug-likeness (QED) is 0.528. The Hall–Kier alpha value is -0.280. The highest BCUT2D eigenvalue weighted by molar-refractivity contribution is 8.68. The molecular weight excluding hydrogens is 164 g/mol. The molecule has 0 atom stereocenters. The molecule has 0 fully saturated rings. The van der Waals surface area contributed by atoms with Gasteiger partial charge in [0.2, 0.25) is 0 Å². The van der Waals surface area contributed by atoms with Crippen molar-refractivity contribution in [1.29, 1.82) is 0 Å². The molecule has 1 rings (SSSR count). The van der Waals surface area contributed by atoms with Gasteiger partial charge in [0.15, 0.2) is 0 Å². The topological polar surface area (TPSA) is 20.2 Å².